The van der Waals surface area contributed by atoms with E-state index < -0.39 is 11.7 Å². The van der Waals surface area contributed by atoms with Crippen LogP contribution in [0.2, 0.25) is 5.02 Å². The second-order valence-electron chi connectivity index (χ2n) is 3.81. The Kier molecular flexibility index (Phi) is 5.00. The molecule has 1 heterocycles. The maximum absolute atomic E-state index is 12.5. The van der Waals surface area contributed by atoms with Crippen molar-refractivity contribution in [3.8, 4) is 0 Å². The van der Waals surface area contributed by atoms with Crippen molar-refractivity contribution in [1.29, 1.82) is 0 Å². The molecule has 0 atom stereocenters. The molecule has 8 heteroatoms. The summed E-state index contributed by atoms with van der Waals surface area (Å²) in [5, 5.41) is 2.47. The molecule has 1 aromatic heterocycles. The quantitative estimate of drug-likeness (QED) is 0.531. The maximum Gasteiger partial charge on any atom is 0.417 e. The summed E-state index contributed by atoms with van der Waals surface area (Å²) >= 11 is 11.5. The van der Waals surface area contributed by atoms with Crippen LogP contribution in [-0.4, -0.2) is 10.1 Å². The zero-order valence-corrected chi connectivity index (χ0v) is 12.6. The average molecular weight is 347 g/mol. The number of isothiocyanates is 1. The van der Waals surface area contributed by atoms with E-state index in [2.05, 4.69) is 27.4 Å². The Balaban J connectivity index is 2.28. The van der Waals surface area contributed by atoms with Crippen LogP contribution in [0.15, 0.2) is 51.4 Å². The predicted octanol–water partition coefficient (Wildman–Crippen LogP) is 5.64. The molecule has 0 spiro atoms. The molecular formula is C13H6ClF3N2S2. The van der Waals surface area contributed by atoms with E-state index in [1.165, 1.54) is 0 Å². The van der Waals surface area contributed by atoms with Crippen molar-refractivity contribution in [3.63, 3.8) is 0 Å². The Morgan fingerprint density at radius 2 is 2.05 bits per heavy atom. The number of aromatic nitrogens is 1. The number of thiocarbonyl (C=S) groups is 1. The minimum atomic E-state index is -4.46. The smallest absolute Gasteiger partial charge is 0.247 e. The van der Waals surface area contributed by atoms with E-state index in [-0.39, 0.29) is 10.0 Å². The predicted molar refractivity (Wildman–Crippen MR) is 79.5 cm³/mol. The minimum absolute atomic E-state index is 0.0569. The maximum atomic E-state index is 12.5. The topological polar surface area (TPSA) is 25.2 Å². The molecule has 0 bridgehead atoms. The van der Waals surface area contributed by atoms with Crippen molar-refractivity contribution in [2.75, 3.05) is 0 Å². The molecule has 0 amide bonds. The number of benzene rings is 1. The van der Waals surface area contributed by atoms with E-state index in [4.69, 9.17) is 11.6 Å². The van der Waals surface area contributed by atoms with Crippen molar-refractivity contribution in [2.24, 2.45) is 4.99 Å². The van der Waals surface area contributed by atoms with E-state index in [0.29, 0.717) is 5.69 Å². The van der Waals surface area contributed by atoms with Gasteiger partial charge in [-0.3, -0.25) is 0 Å². The lowest BCUT2D eigenvalue weighted by atomic mass is 10.3. The molecule has 0 aliphatic heterocycles. The first-order chi connectivity index (χ1) is 9.90. The van der Waals surface area contributed by atoms with Crippen LogP contribution >= 0.6 is 35.6 Å². The molecule has 2 aromatic rings. The van der Waals surface area contributed by atoms with Crippen LogP contribution < -0.4 is 0 Å². The minimum Gasteiger partial charge on any atom is -0.247 e. The van der Waals surface area contributed by atoms with Crippen LogP contribution in [0.3, 0.4) is 0 Å². The molecule has 0 saturated heterocycles. The first kappa shape index (κ1) is 16.0. The Hall–Kier alpha value is -1.40. The first-order valence-electron chi connectivity index (χ1n) is 5.48. The van der Waals surface area contributed by atoms with Crippen molar-refractivity contribution in [3.05, 3.63) is 47.1 Å². The van der Waals surface area contributed by atoms with Crippen LogP contribution in [0.5, 0.6) is 0 Å². The van der Waals surface area contributed by atoms with Crippen molar-refractivity contribution < 1.29 is 13.2 Å². The number of aliphatic imine (C=N–C) groups is 1. The normalized spacial score (nSPS) is 11.0. The van der Waals surface area contributed by atoms with E-state index in [0.717, 1.165) is 28.9 Å². The molecule has 108 valence electrons. The van der Waals surface area contributed by atoms with Gasteiger partial charge in [0, 0.05) is 11.1 Å². The first-order valence-corrected chi connectivity index (χ1v) is 7.09. The number of rotatable bonds is 3. The molecule has 0 N–H and O–H groups in total. The fourth-order valence-electron chi connectivity index (χ4n) is 1.44. The summed E-state index contributed by atoms with van der Waals surface area (Å²) in [7, 11) is 0. The van der Waals surface area contributed by atoms with Gasteiger partial charge in [0.1, 0.15) is 5.03 Å². The van der Waals surface area contributed by atoms with E-state index in [1.54, 1.807) is 24.3 Å². The number of hydrogen-bond acceptors (Lipinski definition) is 4. The number of halogens is 4. The van der Waals surface area contributed by atoms with Crippen LogP contribution in [0.1, 0.15) is 5.56 Å². The third-order valence-corrected chi connectivity index (χ3v) is 3.84. The van der Waals surface area contributed by atoms with Crippen LogP contribution in [0.4, 0.5) is 18.9 Å². The molecule has 0 radical (unpaired) electrons. The summed E-state index contributed by atoms with van der Waals surface area (Å²) < 4.78 is 37.6. The highest BCUT2D eigenvalue weighted by Gasteiger charge is 2.31. The standard InChI is InChI=1S/C13H6ClF3N2S2/c14-11-4-8(13(15,16)17)6-18-12(11)21-10-3-1-2-9(5-10)19-7-20/h1-6H. The van der Waals surface area contributed by atoms with Gasteiger partial charge in [0.25, 0.3) is 0 Å². The summed E-state index contributed by atoms with van der Waals surface area (Å²) in [4.78, 5) is 8.32. The summed E-state index contributed by atoms with van der Waals surface area (Å²) in [5.74, 6) is 0. The highest BCUT2D eigenvalue weighted by molar-refractivity contribution is 7.99. The van der Waals surface area contributed by atoms with Crippen molar-refractivity contribution >= 4 is 46.4 Å². The van der Waals surface area contributed by atoms with Gasteiger partial charge in [-0.15, -0.1) is 0 Å². The molecule has 1 aromatic carbocycles. The summed E-state index contributed by atoms with van der Waals surface area (Å²) in [6.45, 7) is 0. The fraction of sp³-hybridized carbons (Fsp3) is 0.0769. The number of nitrogens with zero attached hydrogens (tertiary/aromatic N) is 2. The lowest BCUT2D eigenvalue weighted by molar-refractivity contribution is -0.137. The van der Waals surface area contributed by atoms with Gasteiger partial charge >= 0.3 is 6.18 Å². The third-order valence-electron chi connectivity index (χ3n) is 2.34. The Morgan fingerprint density at radius 1 is 1.29 bits per heavy atom. The van der Waals surface area contributed by atoms with Gasteiger partial charge in [0.2, 0.25) is 0 Å². The second-order valence-corrected chi connectivity index (χ2v) is 5.46. The number of hydrogen-bond donors (Lipinski definition) is 0. The third kappa shape index (κ3) is 4.28. The van der Waals surface area contributed by atoms with E-state index >= 15 is 0 Å². The van der Waals surface area contributed by atoms with Crippen LogP contribution in [0.25, 0.3) is 0 Å². The monoisotopic (exact) mass is 346 g/mol. The van der Waals surface area contributed by atoms with Gasteiger partial charge in [0.15, 0.2) is 0 Å². The fourth-order valence-corrected chi connectivity index (χ4v) is 2.64. The van der Waals surface area contributed by atoms with Crippen molar-refractivity contribution in [1.82, 2.24) is 4.98 Å². The molecule has 0 aliphatic rings. The lowest BCUT2D eigenvalue weighted by Crippen LogP contribution is -2.05. The van der Waals surface area contributed by atoms with Crippen LogP contribution in [0, 0.1) is 0 Å². The van der Waals surface area contributed by atoms with E-state index in [9.17, 15) is 13.2 Å². The van der Waals surface area contributed by atoms with Gasteiger partial charge in [-0.1, -0.05) is 29.4 Å². The van der Waals surface area contributed by atoms with Gasteiger partial charge in [0.05, 0.1) is 21.4 Å². The van der Waals surface area contributed by atoms with Gasteiger partial charge in [-0.2, -0.15) is 18.2 Å². The molecule has 0 fully saturated rings. The van der Waals surface area contributed by atoms with Gasteiger partial charge < -0.3 is 0 Å². The molecule has 2 rings (SSSR count). The van der Waals surface area contributed by atoms with Crippen LogP contribution in [-0.2, 0) is 6.18 Å². The lowest BCUT2D eigenvalue weighted by Gasteiger charge is -2.09. The Labute approximate surface area is 133 Å². The average Bonchev–Trinajstić information content (AvgIpc) is 2.41. The number of alkyl halides is 3. The molecule has 0 aliphatic carbocycles. The summed E-state index contributed by atoms with van der Waals surface area (Å²) in [6.07, 6.45) is -3.71. The number of pyridine rings is 1. The van der Waals surface area contributed by atoms with Crippen molar-refractivity contribution in [2.45, 2.75) is 16.1 Å². The second kappa shape index (κ2) is 6.58. The zero-order chi connectivity index (χ0) is 15.5. The highest BCUT2D eigenvalue weighted by atomic mass is 35.5. The van der Waals surface area contributed by atoms with Gasteiger partial charge in [-0.05, 0) is 36.5 Å². The largest absolute Gasteiger partial charge is 0.417 e. The Morgan fingerprint density at radius 3 is 2.67 bits per heavy atom. The SMILES string of the molecule is FC(F)(F)c1cnc(Sc2cccc(N=C=S)c2)c(Cl)c1. The van der Waals surface area contributed by atoms with E-state index in [1.807, 2.05) is 0 Å². The molecule has 21 heavy (non-hydrogen) atoms. The Bertz CT molecular complexity index is 713. The summed E-state index contributed by atoms with van der Waals surface area (Å²) in [6, 6.07) is 7.80. The molecule has 2 nitrogen and oxygen atoms in total. The molecular weight excluding hydrogens is 341 g/mol. The molecule has 0 unspecified atom stereocenters. The van der Waals surface area contributed by atoms with Gasteiger partial charge in [-0.25, -0.2) is 4.98 Å². The highest BCUT2D eigenvalue weighted by Crippen LogP contribution is 2.36. The molecule has 0 saturated carbocycles. The summed E-state index contributed by atoms with van der Waals surface area (Å²) in [5.41, 5.74) is -0.283. The zero-order valence-electron chi connectivity index (χ0n) is 10.2.